The third-order valence-corrected chi connectivity index (χ3v) is 5.91. The van der Waals surface area contributed by atoms with Crippen LogP contribution in [-0.2, 0) is 11.3 Å². The van der Waals surface area contributed by atoms with E-state index < -0.39 is 12.3 Å². The van der Waals surface area contributed by atoms with E-state index in [4.69, 9.17) is 9.73 Å². The van der Waals surface area contributed by atoms with Crippen LogP contribution in [0.4, 0.5) is 4.79 Å². The molecule has 1 unspecified atom stereocenters. The molecule has 1 aromatic heterocycles. The second-order valence-electron chi connectivity index (χ2n) is 8.36. The Labute approximate surface area is 194 Å². The summed E-state index contributed by atoms with van der Waals surface area (Å²) in [5.41, 5.74) is 3.99. The van der Waals surface area contributed by atoms with Crippen LogP contribution in [0.15, 0.2) is 59.6 Å². The van der Waals surface area contributed by atoms with Crippen molar-refractivity contribution in [2.75, 3.05) is 0 Å². The number of fused-ring (bicyclic) bond motifs is 3. The number of rotatable bonds is 8. The van der Waals surface area contributed by atoms with E-state index in [1.54, 1.807) is 0 Å². The van der Waals surface area contributed by atoms with Gasteiger partial charge in [0.15, 0.2) is 12.0 Å². The number of benzene rings is 2. The Bertz CT molecular complexity index is 1120. The predicted octanol–water partition coefficient (Wildman–Crippen LogP) is 5.52. The highest BCUT2D eigenvalue weighted by Gasteiger charge is 2.31. The van der Waals surface area contributed by atoms with Gasteiger partial charge in [0.2, 0.25) is 0 Å². The molecule has 0 aliphatic carbocycles. The Morgan fingerprint density at radius 3 is 2.45 bits per heavy atom. The first-order chi connectivity index (χ1) is 16.1. The third kappa shape index (κ3) is 4.97. The van der Waals surface area contributed by atoms with Gasteiger partial charge in [0.1, 0.15) is 12.4 Å². The number of hydrogen-bond acceptors (Lipinski definition) is 5. The number of para-hydroxylation sites is 1. The smallest absolute Gasteiger partial charge is 0.409 e. The van der Waals surface area contributed by atoms with Gasteiger partial charge in [-0.25, -0.2) is 4.79 Å². The van der Waals surface area contributed by atoms with Gasteiger partial charge in [0.25, 0.3) is 0 Å². The Hall–Kier alpha value is -3.48. The van der Waals surface area contributed by atoms with Gasteiger partial charge in [-0.3, -0.25) is 14.9 Å². The Morgan fingerprint density at radius 1 is 1.03 bits per heavy atom. The van der Waals surface area contributed by atoms with Crippen molar-refractivity contribution in [2.45, 2.75) is 59.2 Å². The summed E-state index contributed by atoms with van der Waals surface area (Å²) in [6.45, 7) is 6.50. The molecule has 7 heteroatoms. The van der Waals surface area contributed by atoms with Gasteiger partial charge in [-0.05, 0) is 31.4 Å². The van der Waals surface area contributed by atoms with Gasteiger partial charge in [-0.1, -0.05) is 75.2 Å². The molecule has 2 aromatic carbocycles. The van der Waals surface area contributed by atoms with Crippen molar-refractivity contribution in [2.24, 2.45) is 10.9 Å². The summed E-state index contributed by atoms with van der Waals surface area (Å²) in [5.74, 6) is 1.63. The highest BCUT2D eigenvalue weighted by atomic mass is 16.5. The minimum Gasteiger partial charge on any atom is -0.445 e. The van der Waals surface area contributed by atoms with E-state index in [2.05, 4.69) is 41.5 Å². The zero-order valence-electron chi connectivity index (χ0n) is 19.5. The SMILES string of the molecule is CCCC(CCC)C1=NC(NC(=O)OCc2ccccc2)c2nnc(C)n2-c2ccccc21. The number of aromatic nitrogens is 3. The van der Waals surface area contributed by atoms with E-state index in [1.165, 1.54) is 0 Å². The van der Waals surface area contributed by atoms with Crippen LogP contribution in [0.25, 0.3) is 5.69 Å². The maximum Gasteiger partial charge on any atom is 0.409 e. The van der Waals surface area contributed by atoms with Crippen LogP contribution in [0.1, 0.15) is 68.5 Å². The van der Waals surface area contributed by atoms with Gasteiger partial charge < -0.3 is 4.74 Å². The summed E-state index contributed by atoms with van der Waals surface area (Å²) in [6, 6.07) is 17.8. The highest BCUT2D eigenvalue weighted by molar-refractivity contribution is 6.05. The maximum absolute atomic E-state index is 12.8. The molecule has 1 amide bonds. The van der Waals surface area contributed by atoms with Gasteiger partial charge >= 0.3 is 6.09 Å². The second kappa shape index (κ2) is 10.4. The molecule has 1 aliphatic heterocycles. The first kappa shape index (κ1) is 22.7. The quantitative estimate of drug-likeness (QED) is 0.495. The van der Waals surface area contributed by atoms with Crippen molar-refractivity contribution in [3.63, 3.8) is 0 Å². The van der Waals surface area contributed by atoms with E-state index in [1.807, 2.05) is 54.0 Å². The lowest BCUT2D eigenvalue weighted by Crippen LogP contribution is -2.30. The fraction of sp³-hybridized carbons (Fsp3) is 0.385. The molecule has 1 N–H and O–H groups in total. The normalized spacial score (nSPS) is 14.8. The molecule has 1 aliphatic rings. The lowest BCUT2D eigenvalue weighted by molar-refractivity contribution is 0.135. The van der Waals surface area contributed by atoms with E-state index in [-0.39, 0.29) is 6.61 Å². The van der Waals surface area contributed by atoms with Gasteiger partial charge in [-0.15, -0.1) is 10.2 Å². The summed E-state index contributed by atoms with van der Waals surface area (Å²) in [4.78, 5) is 17.8. The number of alkyl carbamates (subject to hydrolysis) is 1. The van der Waals surface area contributed by atoms with Crippen molar-refractivity contribution in [1.82, 2.24) is 20.1 Å². The van der Waals surface area contributed by atoms with Crippen molar-refractivity contribution < 1.29 is 9.53 Å². The molecule has 2 heterocycles. The Balaban J connectivity index is 1.70. The summed E-state index contributed by atoms with van der Waals surface area (Å²) >= 11 is 0. The van der Waals surface area contributed by atoms with Crippen LogP contribution >= 0.6 is 0 Å². The van der Waals surface area contributed by atoms with Crippen LogP contribution in [0.5, 0.6) is 0 Å². The molecule has 172 valence electrons. The van der Waals surface area contributed by atoms with Gasteiger partial charge in [0.05, 0.1) is 11.4 Å². The van der Waals surface area contributed by atoms with E-state index in [0.29, 0.717) is 11.7 Å². The number of amides is 1. The third-order valence-electron chi connectivity index (χ3n) is 5.91. The molecule has 0 spiro atoms. The van der Waals surface area contributed by atoms with Crippen LogP contribution in [0, 0.1) is 12.8 Å². The van der Waals surface area contributed by atoms with Crippen molar-refractivity contribution in [1.29, 1.82) is 0 Å². The summed E-state index contributed by atoms with van der Waals surface area (Å²) < 4.78 is 7.47. The number of aliphatic imine (C=N–C) groups is 1. The zero-order valence-corrected chi connectivity index (χ0v) is 19.5. The molecule has 0 radical (unpaired) electrons. The summed E-state index contributed by atoms with van der Waals surface area (Å²) in [7, 11) is 0. The average molecular weight is 446 g/mol. The van der Waals surface area contributed by atoms with E-state index in [0.717, 1.165) is 54.0 Å². The highest BCUT2D eigenvalue weighted by Crippen LogP contribution is 2.32. The maximum atomic E-state index is 12.8. The second-order valence-corrected chi connectivity index (χ2v) is 8.36. The minimum absolute atomic E-state index is 0.191. The lowest BCUT2D eigenvalue weighted by atomic mass is 9.88. The van der Waals surface area contributed by atoms with E-state index in [9.17, 15) is 4.79 Å². The number of carbonyl (C=O) groups excluding carboxylic acids is 1. The fourth-order valence-electron chi connectivity index (χ4n) is 4.42. The van der Waals surface area contributed by atoms with Crippen molar-refractivity contribution in [3.8, 4) is 5.69 Å². The molecule has 0 saturated heterocycles. The monoisotopic (exact) mass is 445 g/mol. The van der Waals surface area contributed by atoms with Crippen LogP contribution in [-0.4, -0.2) is 26.6 Å². The average Bonchev–Trinajstić information content (AvgIpc) is 3.15. The molecular weight excluding hydrogens is 414 g/mol. The Morgan fingerprint density at radius 2 is 1.73 bits per heavy atom. The molecule has 0 saturated carbocycles. The summed E-state index contributed by atoms with van der Waals surface area (Å²) in [5, 5.41) is 11.6. The van der Waals surface area contributed by atoms with Crippen molar-refractivity contribution >= 4 is 11.8 Å². The lowest BCUT2D eigenvalue weighted by Gasteiger charge is -2.20. The van der Waals surface area contributed by atoms with Crippen LogP contribution in [0.2, 0.25) is 0 Å². The standard InChI is InChI=1S/C26H31N5O2/c1-4-11-20(12-5-2)23-21-15-9-10-16-22(21)31-18(3)29-30-25(31)24(27-23)28-26(32)33-17-19-13-7-6-8-14-19/h6-10,13-16,20,24H,4-5,11-12,17H2,1-3H3,(H,28,32). The molecule has 1 atom stereocenters. The zero-order chi connectivity index (χ0) is 23.2. The minimum atomic E-state index is -0.687. The molecule has 0 fully saturated rings. The molecule has 33 heavy (non-hydrogen) atoms. The number of ether oxygens (including phenoxy) is 1. The molecule has 4 rings (SSSR count). The van der Waals surface area contributed by atoms with Gasteiger partial charge in [0, 0.05) is 11.5 Å². The molecule has 3 aromatic rings. The number of carbonyl (C=O) groups is 1. The fourth-order valence-corrected chi connectivity index (χ4v) is 4.42. The molecular formula is C26H31N5O2. The number of hydrogen-bond donors (Lipinski definition) is 1. The summed E-state index contributed by atoms with van der Waals surface area (Å²) in [6.07, 6.45) is 2.97. The number of aryl methyl sites for hydroxylation is 1. The number of nitrogens with one attached hydrogen (secondary N) is 1. The predicted molar refractivity (Wildman–Crippen MR) is 128 cm³/mol. The van der Waals surface area contributed by atoms with Crippen LogP contribution in [0.3, 0.4) is 0 Å². The first-order valence-corrected chi connectivity index (χ1v) is 11.7. The van der Waals surface area contributed by atoms with E-state index >= 15 is 0 Å². The largest absolute Gasteiger partial charge is 0.445 e. The van der Waals surface area contributed by atoms with Crippen molar-refractivity contribution in [3.05, 3.63) is 77.4 Å². The van der Waals surface area contributed by atoms with Crippen LogP contribution < -0.4 is 5.32 Å². The number of nitrogens with zero attached hydrogens (tertiary/aromatic N) is 4. The molecule has 7 nitrogen and oxygen atoms in total. The Kier molecular flexibility index (Phi) is 7.17. The topological polar surface area (TPSA) is 81.4 Å². The molecule has 0 bridgehead atoms. The first-order valence-electron chi connectivity index (χ1n) is 11.7. The van der Waals surface area contributed by atoms with Gasteiger partial charge in [-0.2, -0.15) is 0 Å².